The Hall–Kier alpha value is -2.88. The lowest BCUT2D eigenvalue weighted by Crippen LogP contribution is -2.86. The average Bonchev–Trinajstić information content (AvgIpc) is 3.25. The standard InChI is InChI=1S/C22H32N6O4/c1-26-11-3-5-17(26)22(32)27-12-13-28(21(31)15-6-9-23-10-7-15)18(14-27)20(30)25-16-4-2-8-24-19(16)29/h3,5,11,15-16,18,23H,2,4,6-10,12-14H2,1H3,(H,24,29)(H,25,30)/p+1/t16-,18-/m0/s1. The van der Waals surface area contributed by atoms with Gasteiger partial charge in [0.05, 0.1) is 19.6 Å². The zero-order valence-corrected chi connectivity index (χ0v) is 18.6. The van der Waals surface area contributed by atoms with Gasteiger partial charge in [0.2, 0.25) is 17.7 Å². The Morgan fingerprint density at radius 3 is 2.62 bits per heavy atom. The zero-order valence-electron chi connectivity index (χ0n) is 18.6. The van der Waals surface area contributed by atoms with Crippen molar-refractivity contribution < 1.29 is 24.5 Å². The number of nitrogens with two attached hydrogens (primary N) is 1. The Balaban J connectivity index is 1.52. The van der Waals surface area contributed by atoms with E-state index in [4.69, 9.17) is 0 Å². The molecule has 2 atom stereocenters. The van der Waals surface area contributed by atoms with E-state index < -0.39 is 12.1 Å². The normalized spacial score (nSPS) is 24.7. The summed E-state index contributed by atoms with van der Waals surface area (Å²) in [5, 5.41) is 7.81. The van der Waals surface area contributed by atoms with Gasteiger partial charge in [-0.05, 0) is 25.0 Å². The van der Waals surface area contributed by atoms with E-state index in [1.165, 1.54) is 0 Å². The number of nitrogens with one attached hydrogen (secondary N) is 2. The van der Waals surface area contributed by atoms with E-state index in [0.717, 1.165) is 32.4 Å². The molecule has 10 heteroatoms. The third-order valence-corrected chi connectivity index (χ3v) is 6.81. The number of carbonyl (C=O) groups is 4. The summed E-state index contributed by atoms with van der Waals surface area (Å²) < 4.78 is 1.75. The van der Waals surface area contributed by atoms with Gasteiger partial charge in [0, 0.05) is 51.6 Å². The highest BCUT2D eigenvalue weighted by molar-refractivity contribution is 5.96. The summed E-state index contributed by atoms with van der Waals surface area (Å²) in [6.07, 6.45) is 4.75. The van der Waals surface area contributed by atoms with Gasteiger partial charge in [-0.2, -0.15) is 0 Å². The van der Waals surface area contributed by atoms with E-state index in [2.05, 4.69) is 16.0 Å². The lowest BCUT2D eigenvalue weighted by molar-refractivity contribution is -0.664. The molecule has 0 radical (unpaired) electrons. The second-order valence-electron chi connectivity index (χ2n) is 8.94. The number of piperidine rings is 2. The van der Waals surface area contributed by atoms with Crippen LogP contribution in [0.1, 0.15) is 36.2 Å². The van der Waals surface area contributed by atoms with Crippen molar-refractivity contribution >= 4 is 23.6 Å². The van der Waals surface area contributed by atoms with Crippen molar-refractivity contribution in [2.45, 2.75) is 37.8 Å². The Morgan fingerprint density at radius 2 is 1.94 bits per heavy atom. The Labute approximate surface area is 187 Å². The third-order valence-electron chi connectivity index (χ3n) is 6.81. The van der Waals surface area contributed by atoms with Gasteiger partial charge in [-0.25, -0.2) is 0 Å². The van der Waals surface area contributed by atoms with E-state index in [9.17, 15) is 19.2 Å². The summed E-state index contributed by atoms with van der Waals surface area (Å²) in [7, 11) is 1.80. The molecule has 0 aliphatic carbocycles. The highest BCUT2D eigenvalue weighted by atomic mass is 16.2. The first-order valence-corrected chi connectivity index (χ1v) is 11.6. The third kappa shape index (κ3) is 4.64. The van der Waals surface area contributed by atoms with E-state index in [1.807, 2.05) is 0 Å². The molecule has 3 aliphatic rings. The number of quaternary nitrogens is 1. The molecule has 0 saturated carbocycles. The van der Waals surface area contributed by atoms with Gasteiger partial charge < -0.3 is 30.3 Å². The molecule has 10 nitrogen and oxygen atoms in total. The van der Waals surface area contributed by atoms with Gasteiger partial charge in [-0.3, -0.25) is 19.2 Å². The maximum Gasteiger partial charge on any atom is 0.270 e. The van der Waals surface area contributed by atoms with Crippen LogP contribution in [-0.2, 0) is 21.4 Å². The lowest BCUT2D eigenvalue weighted by Gasteiger charge is -2.42. The molecule has 3 saturated heterocycles. The van der Waals surface area contributed by atoms with Gasteiger partial charge in [-0.1, -0.05) is 0 Å². The van der Waals surface area contributed by atoms with Crippen molar-refractivity contribution in [1.29, 1.82) is 0 Å². The van der Waals surface area contributed by atoms with Gasteiger partial charge in [-0.15, -0.1) is 0 Å². The van der Waals surface area contributed by atoms with Crippen LogP contribution in [0.4, 0.5) is 0 Å². The van der Waals surface area contributed by atoms with Crippen LogP contribution in [-0.4, -0.2) is 89.3 Å². The molecular weight excluding hydrogens is 412 g/mol. The van der Waals surface area contributed by atoms with Crippen LogP contribution < -0.4 is 16.0 Å². The van der Waals surface area contributed by atoms with Gasteiger partial charge in [0.25, 0.3) is 5.91 Å². The molecular formula is C22H33N6O4+. The smallest absolute Gasteiger partial charge is 0.270 e. The summed E-state index contributed by atoms with van der Waals surface area (Å²) >= 11 is 0. The van der Waals surface area contributed by atoms with Crippen molar-refractivity contribution in [3.05, 3.63) is 24.0 Å². The quantitative estimate of drug-likeness (QED) is 0.499. The predicted molar refractivity (Wildman–Crippen MR) is 115 cm³/mol. The molecule has 174 valence electrons. The number of aromatic nitrogens is 1. The first-order chi connectivity index (χ1) is 15.5. The molecule has 4 heterocycles. The zero-order chi connectivity index (χ0) is 22.7. The van der Waals surface area contributed by atoms with Gasteiger partial charge in [0.15, 0.2) is 0 Å². The van der Waals surface area contributed by atoms with Crippen molar-refractivity contribution in [3.8, 4) is 0 Å². The monoisotopic (exact) mass is 445 g/mol. The molecule has 3 fully saturated rings. The fraction of sp³-hybridized carbons (Fsp3) is 0.636. The minimum absolute atomic E-state index is 0.0164. The minimum atomic E-state index is -0.805. The maximum atomic E-state index is 13.3. The van der Waals surface area contributed by atoms with Crippen molar-refractivity contribution in [2.24, 2.45) is 13.0 Å². The maximum absolute atomic E-state index is 13.3. The van der Waals surface area contributed by atoms with Crippen LogP contribution in [0.5, 0.6) is 0 Å². The molecule has 4 rings (SSSR count). The van der Waals surface area contributed by atoms with Crippen LogP contribution >= 0.6 is 0 Å². The molecule has 0 aromatic carbocycles. The summed E-state index contributed by atoms with van der Waals surface area (Å²) in [6, 6.07) is 2.15. The average molecular weight is 446 g/mol. The van der Waals surface area contributed by atoms with Crippen molar-refractivity contribution in [3.63, 3.8) is 0 Å². The number of rotatable bonds is 4. The Morgan fingerprint density at radius 1 is 1.16 bits per heavy atom. The van der Waals surface area contributed by atoms with E-state index >= 15 is 0 Å². The number of nitrogens with zero attached hydrogens (tertiary/aromatic N) is 3. The second kappa shape index (κ2) is 9.72. The van der Waals surface area contributed by atoms with Crippen LogP contribution in [0.15, 0.2) is 18.3 Å². The molecule has 1 aromatic heterocycles. The minimum Gasteiger partial charge on any atom is -0.354 e. The summed E-state index contributed by atoms with van der Waals surface area (Å²) in [6.45, 7) is 3.22. The Bertz CT molecular complexity index is 878. The van der Waals surface area contributed by atoms with Crippen LogP contribution in [0.25, 0.3) is 0 Å². The number of piperazine rings is 1. The van der Waals surface area contributed by atoms with Crippen LogP contribution in [0, 0.1) is 5.92 Å². The molecule has 1 aromatic rings. The summed E-state index contributed by atoms with van der Waals surface area (Å²) in [5.74, 6) is -0.837. The molecule has 32 heavy (non-hydrogen) atoms. The van der Waals surface area contributed by atoms with Crippen LogP contribution in [0.3, 0.4) is 0 Å². The topological polar surface area (TPSA) is 120 Å². The molecule has 4 N–H and O–H groups in total. The highest BCUT2D eigenvalue weighted by Crippen LogP contribution is 2.20. The van der Waals surface area contributed by atoms with E-state index in [0.29, 0.717) is 31.7 Å². The Kier molecular flexibility index (Phi) is 6.78. The number of hydrogen-bond acceptors (Lipinski definition) is 4. The van der Waals surface area contributed by atoms with Gasteiger partial charge >= 0.3 is 0 Å². The first kappa shape index (κ1) is 22.3. The molecule has 0 bridgehead atoms. The highest BCUT2D eigenvalue weighted by Gasteiger charge is 2.41. The predicted octanol–water partition coefficient (Wildman–Crippen LogP) is -1.95. The first-order valence-electron chi connectivity index (χ1n) is 11.6. The number of aryl methyl sites for hydroxylation is 1. The van der Waals surface area contributed by atoms with Crippen LogP contribution in [0.2, 0.25) is 0 Å². The largest absolute Gasteiger partial charge is 0.354 e. The SMILES string of the molecule is Cn1cccc1C(=O)N1CCN(C(=O)C2CC[NH2+]CC2)[C@H](C(=O)N[C@H]2CCCNC2=O)C1. The second-order valence-corrected chi connectivity index (χ2v) is 8.94. The summed E-state index contributed by atoms with van der Waals surface area (Å²) in [5.41, 5.74) is 0.540. The number of carbonyl (C=O) groups excluding carboxylic acids is 4. The number of amides is 4. The molecule has 0 unspecified atom stereocenters. The summed E-state index contributed by atoms with van der Waals surface area (Å²) in [4.78, 5) is 55.1. The molecule has 3 aliphatic heterocycles. The van der Waals surface area contributed by atoms with E-state index in [-0.39, 0.29) is 36.1 Å². The lowest BCUT2D eigenvalue weighted by atomic mass is 9.95. The molecule has 4 amide bonds. The van der Waals surface area contributed by atoms with E-state index in [1.54, 1.807) is 39.7 Å². The fourth-order valence-corrected chi connectivity index (χ4v) is 4.89. The van der Waals surface area contributed by atoms with Crippen molar-refractivity contribution in [1.82, 2.24) is 25.0 Å². The van der Waals surface area contributed by atoms with Gasteiger partial charge in [0.1, 0.15) is 17.8 Å². The fourth-order valence-electron chi connectivity index (χ4n) is 4.89. The van der Waals surface area contributed by atoms with Crippen molar-refractivity contribution in [2.75, 3.05) is 39.3 Å². The number of hydrogen-bond donors (Lipinski definition) is 3. The molecule has 0 spiro atoms.